The highest BCUT2D eigenvalue weighted by molar-refractivity contribution is 5.97. The Morgan fingerprint density at radius 1 is 1.10 bits per heavy atom. The van der Waals surface area contributed by atoms with Crippen LogP contribution in [0.4, 0.5) is 22.4 Å². The zero-order chi connectivity index (χ0) is 29.5. The minimum Gasteiger partial charge on any atom is -0.508 e. The van der Waals surface area contributed by atoms with E-state index in [4.69, 9.17) is 5.73 Å². The molecule has 1 aromatic heterocycles. The molecule has 2 unspecified atom stereocenters. The number of carbonyl (C=O) groups is 2. The van der Waals surface area contributed by atoms with Crippen molar-refractivity contribution in [1.29, 1.82) is 0 Å². The average molecular weight is 560 g/mol. The molecule has 0 saturated heterocycles. The van der Waals surface area contributed by atoms with Crippen molar-refractivity contribution in [2.24, 2.45) is 10.7 Å². The van der Waals surface area contributed by atoms with E-state index in [9.17, 15) is 37.4 Å². The van der Waals surface area contributed by atoms with Crippen LogP contribution in [0, 0.1) is 5.82 Å². The first-order valence-corrected chi connectivity index (χ1v) is 12.0. The largest absolute Gasteiger partial charge is 0.508 e. The number of pyridine rings is 1. The van der Waals surface area contributed by atoms with E-state index >= 15 is 0 Å². The van der Waals surface area contributed by atoms with Gasteiger partial charge < -0.3 is 20.7 Å². The first kappa shape index (κ1) is 28.7. The number of halogens is 4. The Morgan fingerprint density at radius 3 is 2.45 bits per heavy atom. The minimum absolute atomic E-state index is 0.0978. The molecule has 8 nitrogen and oxygen atoms in total. The second-order valence-corrected chi connectivity index (χ2v) is 10.3. The lowest BCUT2D eigenvalue weighted by Crippen LogP contribution is -2.52. The fourth-order valence-corrected chi connectivity index (χ4v) is 5.16. The quantitative estimate of drug-likeness (QED) is 0.207. The molecule has 12 heteroatoms. The van der Waals surface area contributed by atoms with Gasteiger partial charge in [0.25, 0.3) is 0 Å². The molecule has 210 valence electrons. The summed E-state index contributed by atoms with van der Waals surface area (Å²) >= 11 is 0. The number of carbonyl (C=O) groups excluding carboxylic acids is 2. The molecule has 0 bridgehead atoms. The maximum atomic E-state index is 14.7. The van der Waals surface area contributed by atoms with Gasteiger partial charge in [0.15, 0.2) is 5.60 Å². The van der Waals surface area contributed by atoms with Crippen molar-refractivity contribution in [2.45, 2.75) is 49.4 Å². The van der Waals surface area contributed by atoms with E-state index in [0.29, 0.717) is 5.39 Å². The van der Waals surface area contributed by atoms with Crippen molar-refractivity contribution in [3.05, 3.63) is 83.3 Å². The highest BCUT2D eigenvalue weighted by Crippen LogP contribution is 2.51. The van der Waals surface area contributed by atoms with E-state index in [-0.39, 0.29) is 22.3 Å². The number of aliphatic imine (C=N–C) groups is 1. The molecule has 4 N–H and O–H groups in total. The Morgan fingerprint density at radius 2 is 1.82 bits per heavy atom. The van der Waals surface area contributed by atoms with Crippen molar-refractivity contribution in [2.75, 3.05) is 0 Å². The number of phenols is 1. The molecule has 1 amide bonds. The number of nitrogens with zero attached hydrogens (tertiary/aromatic N) is 2. The highest BCUT2D eigenvalue weighted by Gasteiger charge is 2.59. The van der Waals surface area contributed by atoms with Gasteiger partial charge in [0.05, 0.1) is 5.52 Å². The van der Waals surface area contributed by atoms with Gasteiger partial charge in [0.1, 0.15) is 22.8 Å². The van der Waals surface area contributed by atoms with Crippen molar-refractivity contribution in [3.8, 4) is 5.75 Å². The molecule has 2 atom stereocenters. The predicted molar refractivity (Wildman–Crippen MR) is 137 cm³/mol. The zero-order valence-electron chi connectivity index (χ0n) is 21.4. The van der Waals surface area contributed by atoms with Gasteiger partial charge in [-0.1, -0.05) is 38.1 Å². The Hall–Kier alpha value is -4.32. The number of primary amides is 1. The van der Waals surface area contributed by atoms with Crippen LogP contribution in [0.25, 0.3) is 10.9 Å². The maximum Gasteiger partial charge on any atom is 0.417 e. The minimum atomic E-state index is -5.15. The van der Waals surface area contributed by atoms with Crippen LogP contribution in [0.5, 0.6) is 5.75 Å². The van der Waals surface area contributed by atoms with Crippen LogP contribution >= 0.6 is 0 Å². The van der Waals surface area contributed by atoms with Gasteiger partial charge in [-0.25, -0.2) is 19.0 Å². The number of amides is 1. The monoisotopic (exact) mass is 559 g/mol. The molecule has 0 fully saturated rings. The number of nitrogens with two attached hydrogens (primary N) is 1. The predicted octanol–water partition coefficient (Wildman–Crippen LogP) is 5.20. The van der Waals surface area contributed by atoms with Gasteiger partial charge in [-0.3, -0.25) is 4.99 Å². The molecule has 3 aromatic rings. The molecular weight excluding hydrogens is 534 g/mol. The number of rotatable bonds is 7. The van der Waals surface area contributed by atoms with Gasteiger partial charge in [0.2, 0.25) is 0 Å². The molecular formula is C28H25F4N3O5. The van der Waals surface area contributed by atoms with Crippen LogP contribution in [-0.4, -0.2) is 45.3 Å². The number of phenolic OH excluding ortho intramolecular Hbond substituents is 1. The van der Waals surface area contributed by atoms with Gasteiger partial charge >= 0.3 is 18.2 Å². The second-order valence-electron chi connectivity index (χ2n) is 10.3. The van der Waals surface area contributed by atoms with Crippen LogP contribution in [0.15, 0.2) is 65.7 Å². The van der Waals surface area contributed by atoms with E-state index in [1.807, 2.05) is 0 Å². The maximum absolute atomic E-state index is 14.7. The van der Waals surface area contributed by atoms with Gasteiger partial charge in [0, 0.05) is 23.6 Å². The third-order valence-electron chi connectivity index (χ3n) is 6.88. The number of aromatic hydroxyl groups is 1. The summed E-state index contributed by atoms with van der Waals surface area (Å²) in [6.07, 6.45) is -4.19. The summed E-state index contributed by atoms with van der Waals surface area (Å²) in [6.45, 7) is 2.74. The van der Waals surface area contributed by atoms with Crippen LogP contribution in [-0.2, 0) is 15.7 Å². The Kier molecular flexibility index (Phi) is 7.18. The molecule has 0 aliphatic carbocycles. The van der Waals surface area contributed by atoms with E-state index in [1.165, 1.54) is 62.5 Å². The molecule has 1 aliphatic heterocycles. The smallest absolute Gasteiger partial charge is 0.417 e. The first-order valence-electron chi connectivity index (χ1n) is 12.0. The average Bonchev–Trinajstić information content (AvgIpc) is 3.32. The Balaban J connectivity index is 1.80. The van der Waals surface area contributed by atoms with E-state index in [1.54, 1.807) is 0 Å². The van der Waals surface area contributed by atoms with Crippen LogP contribution < -0.4 is 5.73 Å². The number of ether oxygens (including phenoxy) is 1. The third-order valence-corrected chi connectivity index (χ3v) is 6.88. The lowest BCUT2D eigenvalue weighted by Gasteiger charge is -2.42. The fourth-order valence-electron chi connectivity index (χ4n) is 5.16. The highest BCUT2D eigenvalue weighted by atomic mass is 19.4. The molecule has 4 rings (SSSR count). The van der Waals surface area contributed by atoms with Crippen LogP contribution in [0.1, 0.15) is 48.3 Å². The van der Waals surface area contributed by atoms with Crippen molar-refractivity contribution >= 4 is 29.2 Å². The Bertz CT molecular complexity index is 1540. The van der Waals surface area contributed by atoms with E-state index in [0.717, 1.165) is 18.2 Å². The number of aliphatic hydroxyl groups is 1. The molecule has 1 aliphatic rings. The molecule has 0 saturated carbocycles. The summed E-state index contributed by atoms with van der Waals surface area (Å²) in [7, 11) is 0. The lowest BCUT2D eigenvalue weighted by atomic mass is 9.69. The fraction of sp³-hybridized carbons (Fsp3) is 0.286. The topological polar surface area (TPSA) is 135 Å². The molecule has 0 spiro atoms. The summed E-state index contributed by atoms with van der Waals surface area (Å²) in [4.78, 5) is 31.5. The van der Waals surface area contributed by atoms with Gasteiger partial charge in [-0.2, -0.15) is 13.2 Å². The van der Waals surface area contributed by atoms with Gasteiger partial charge in [-0.15, -0.1) is 0 Å². The third kappa shape index (κ3) is 5.39. The molecule has 2 heterocycles. The normalized spacial score (nSPS) is 18.6. The van der Waals surface area contributed by atoms with Crippen molar-refractivity contribution in [1.82, 2.24) is 4.98 Å². The zero-order valence-corrected chi connectivity index (χ0v) is 21.4. The van der Waals surface area contributed by atoms with Gasteiger partial charge in [-0.05, 0) is 53.8 Å². The molecule has 2 aromatic carbocycles. The number of aromatic nitrogens is 1. The number of hydrogen-bond donors (Lipinski definition) is 3. The number of benzene rings is 2. The summed E-state index contributed by atoms with van der Waals surface area (Å²) in [5.74, 6) is -2.27. The second kappa shape index (κ2) is 10.0. The summed E-state index contributed by atoms with van der Waals surface area (Å²) in [5, 5.41) is 21.9. The van der Waals surface area contributed by atoms with E-state index in [2.05, 4.69) is 14.7 Å². The standard InChI is InChI=1S/C28H25F4N3O5/c1-25(2,19-13-16(29)7-10-22(19)36)14-27(39,28(30,31)32)15-26(11-4-12-34-26)18-5-3-6-20-17(18)8-9-21(35-20)23(37)40-24(33)38/h3-13,36,39H,14-15H2,1-2H3,(H2,33,38). The Labute approximate surface area is 225 Å². The van der Waals surface area contributed by atoms with Crippen LogP contribution in [0.2, 0.25) is 0 Å². The number of alkyl halides is 3. The van der Waals surface area contributed by atoms with Crippen molar-refractivity contribution < 1.29 is 42.1 Å². The number of hydrogen-bond acceptors (Lipinski definition) is 7. The number of allylic oxidation sites excluding steroid dienone is 1. The number of esters is 1. The summed E-state index contributed by atoms with van der Waals surface area (Å²) in [6, 6.07) is 10.1. The number of fused-ring (bicyclic) bond motifs is 1. The molecule has 0 radical (unpaired) electrons. The summed E-state index contributed by atoms with van der Waals surface area (Å²) in [5.41, 5.74) is -1.63. The SMILES string of the molecule is CC(C)(CC(O)(CC1(c2cccc3nc(C(=O)OC(N)=O)ccc23)C=CC=N1)C(F)(F)F)c1cc(F)ccc1O. The first-order chi connectivity index (χ1) is 18.6. The van der Waals surface area contributed by atoms with Crippen molar-refractivity contribution in [3.63, 3.8) is 0 Å². The lowest BCUT2D eigenvalue weighted by molar-refractivity contribution is -0.272. The summed E-state index contributed by atoms with van der Waals surface area (Å²) < 4.78 is 62.3. The van der Waals surface area contributed by atoms with Crippen LogP contribution in [0.3, 0.4) is 0 Å². The van der Waals surface area contributed by atoms with E-state index < -0.39 is 59.2 Å². The molecule has 40 heavy (non-hydrogen) atoms.